The third-order valence-electron chi connectivity index (χ3n) is 3.40. The normalized spacial score (nSPS) is 12.8. The van der Waals surface area contributed by atoms with Crippen LogP contribution < -0.4 is 10.9 Å². The highest BCUT2D eigenvalue weighted by atomic mass is 35.5. The molecule has 0 spiro atoms. The molecule has 4 nitrogen and oxygen atoms in total. The molecule has 20 heavy (non-hydrogen) atoms. The molecule has 1 atom stereocenters. The largest absolute Gasteiger partial charge is 0.423 e. The maximum Gasteiger partial charge on any atom is 0.336 e. The second-order valence-corrected chi connectivity index (χ2v) is 5.26. The van der Waals surface area contributed by atoms with Crippen LogP contribution in [0.25, 0.3) is 11.0 Å². The van der Waals surface area contributed by atoms with Crippen molar-refractivity contribution < 1.29 is 9.52 Å². The number of hydrogen-bond acceptors (Lipinski definition) is 4. The van der Waals surface area contributed by atoms with Crippen molar-refractivity contribution in [1.82, 2.24) is 5.32 Å². The van der Waals surface area contributed by atoms with E-state index in [-0.39, 0.29) is 18.3 Å². The molecule has 0 radical (unpaired) electrons. The Morgan fingerprint density at radius 1 is 1.40 bits per heavy atom. The van der Waals surface area contributed by atoms with Gasteiger partial charge in [-0.1, -0.05) is 18.5 Å². The lowest BCUT2D eigenvalue weighted by molar-refractivity contribution is 0.238. The van der Waals surface area contributed by atoms with Gasteiger partial charge in [-0.25, -0.2) is 4.79 Å². The Kier molecular flexibility index (Phi) is 4.81. The van der Waals surface area contributed by atoms with Crippen LogP contribution in [0.2, 0.25) is 5.02 Å². The van der Waals surface area contributed by atoms with Crippen molar-refractivity contribution in [1.29, 1.82) is 0 Å². The van der Waals surface area contributed by atoms with E-state index in [0.717, 1.165) is 22.9 Å². The van der Waals surface area contributed by atoms with E-state index in [1.165, 1.54) is 6.07 Å². The van der Waals surface area contributed by atoms with Crippen LogP contribution in [-0.2, 0) is 6.54 Å². The van der Waals surface area contributed by atoms with Crippen LogP contribution in [-0.4, -0.2) is 17.8 Å². The standard InChI is InChI=1S/C15H18ClNO3/c1-3-11(8-18)17-7-10-5-15(19)20-14-4-9(2)13(16)6-12(10)14/h4-6,11,17-18H,3,7-8H2,1-2H3/t11-/m1/s1. The van der Waals surface area contributed by atoms with Crippen LogP contribution in [0.15, 0.2) is 27.4 Å². The molecule has 0 amide bonds. The van der Waals surface area contributed by atoms with Gasteiger partial charge in [0.15, 0.2) is 0 Å². The molecule has 0 fully saturated rings. The summed E-state index contributed by atoms with van der Waals surface area (Å²) in [7, 11) is 0. The molecule has 0 aliphatic carbocycles. The van der Waals surface area contributed by atoms with Crippen molar-refractivity contribution in [3.05, 3.63) is 44.8 Å². The number of nitrogens with one attached hydrogen (secondary N) is 1. The highest BCUT2D eigenvalue weighted by Crippen LogP contribution is 2.25. The first-order valence-corrected chi connectivity index (χ1v) is 7.00. The second kappa shape index (κ2) is 6.39. The van der Waals surface area contributed by atoms with E-state index in [4.69, 9.17) is 16.0 Å². The Morgan fingerprint density at radius 2 is 2.15 bits per heavy atom. The van der Waals surface area contributed by atoms with E-state index in [0.29, 0.717) is 17.2 Å². The Labute approximate surface area is 122 Å². The SMILES string of the molecule is CC[C@H](CO)NCc1cc(=O)oc2cc(C)c(Cl)cc12. The number of halogens is 1. The van der Waals surface area contributed by atoms with Gasteiger partial charge in [-0.05, 0) is 36.6 Å². The number of benzene rings is 1. The maximum atomic E-state index is 11.6. The van der Waals surface area contributed by atoms with E-state index < -0.39 is 0 Å². The van der Waals surface area contributed by atoms with Gasteiger partial charge < -0.3 is 14.8 Å². The minimum absolute atomic E-state index is 0.0122. The molecule has 0 bridgehead atoms. The van der Waals surface area contributed by atoms with Crippen molar-refractivity contribution in [2.24, 2.45) is 0 Å². The molecule has 1 aromatic heterocycles. The predicted octanol–water partition coefficient (Wildman–Crippen LogP) is 2.62. The van der Waals surface area contributed by atoms with E-state index in [1.807, 2.05) is 19.9 Å². The lowest BCUT2D eigenvalue weighted by Gasteiger charge is -2.14. The number of hydrogen-bond donors (Lipinski definition) is 2. The van der Waals surface area contributed by atoms with Crippen LogP contribution in [0.5, 0.6) is 0 Å². The first-order valence-electron chi connectivity index (χ1n) is 6.62. The molecule has 2 aromatic rings. The third-order valence-corrected chi connectivity index (χ3v) is 3.81. The number of aryl methyl sites for hydroxylation is 1. The first kappa shape index (κ1) is 15.0. The molecule has 1 heterocycles. The van der Waals surface area contributed by atoms with Crippen molar-refractivity contribution in [2.75, 3.05) is 6.61 Å². The van der Waals surface area contributed by atoms with Gasteiger partial charge in [0.2, 0.25) is 0 Å². The first-order chi connectivity index (χ1) is 9.55. The summed E-state index contributed by atoms with van der Waals surface area (Å²) in [6.45, 7) is 4.41. The number of aliphatic hydroxyl groups excluding tert-OH is 1. The van der Waals surface area contributed by atoms with E-state index in [9.17, 15) is 9.90 Å². The van der Waals surface area contributed by atoms with Crippen LogP contribution in [0.4, 0.5) is 0 Å². The zero-order chi connectivity index (χ0) is 14.7. The van der Waals surface area contributed by atoms with Crippen molar-refractivity contribution in [2.45, 2.75) is 32.9 Å². The third kappa shape index (κ3) is 3.20. The summed E-state index contributed by atoms with van der Waals surface area (Å²) in [5.74, 6) is 0. The molecular formula is C15H18ClNO3. The van der Waals surface area contributed by atoms with E-state index in [1.54, 1.807) is 6.07 Å². The molecule has 2 rings (SSSR count). The van der Waals surface area contributed by atoms with Crippen LogP contribution >= 0.6 is 11.6 Å². The summed E-state index contributed by atoms with van der Waals surface area (Å²) in [4.78, 5) is 11.6. The van der Waals surface area contributed by atoms with Crippen LogP contribution in [0.3, 0.4) is 0 Å². The maximum absolute atomic E-state index is 11.6. The Balaban J connectivity index is 2.41. The van der Waals surface area contributed by atoms with Crippen molar-refractivity contribution >= 4 is 22.6 Å². The molecule has 0 saturated heterocycles. The van der Waals surface area contributed by atoms with Gasteiger partial charge in [0.05, 0.1) is 6.61 Å². The smallest absolute Gasteiger partial charge is 0.336 e. The number of aliphatic hydroxyl groups is 1. The molecule has 0 aliphatic rings. The molecule has 0 unspecified atom stereocenters. The zero-order valence-corrected chi connectivity index (χ0v) is 12.3. The van der Waals surface area contributed by atoms with Crippen molar-refractivity contribution in [3.63, 3.8) is 0 Å². The summed E-state index contributed by atoms with van der Waals surface area (Å²) in [5, 5.41) is 13.9. The fourth-order valence-electron chi connectivity index (χ4n) is 2.09. The average molecular weight is 296 g/mol. The Bertz CT molecular complexity index is 662. The highest BCUT2D eigenvalue weighted by molar-refractivity contribution is 6.32. The fraction of sp³-hybridized carbons (Fsp3) is 0.400. The quantitative estimate of drug-likeness (QED) is 0.832. The molecule has 0 saturated carbocycles. The number of fused-ring (bicyclic) bond motifs is 1. The van der Waals surface area contributed by atoms with Gasteiger partial charge >= 0.3 is 5.63 Å². The van der Waals surface area contributed by atoms with E-state index >= 15 is 0 Å². The number of rotatable bonds is 5. The highest BCUT2D eigenvalue weighted by Gasteiger charge is 2.10. The summed E-state index contributed by atoms with van der Waals surface area (Å²) >= 11 is 6.14. The van der Waals surface area contributed by atoms with Gasteiger partial charge in [0.25, 0.3) is 0 Å². The summed E-state index contributed by atoms with van der Waals surface area (Å²) < 4.78 is 5.21. The Hall–Kier alpha value is -1.36. The predicted molar refractivity (Wildman–Crippen MR) is 80.2 cm³/mol. The molecule has 108 valence electrons. The minimum atomic E-state index is -0.381. The molecule has 5 heteroatoms. The molecule has 1 aromatic carbocycles. The molecular weight excluding hydrogens is 278 g/mol. The second-order valence-electron chi connectivity index (χ2n) is 4.86. The Morgan fingerprint density at radius 3 is 2.80 bits per heavy atom. The van der Waals surface area contributed by atoms with Gasteiger partial charge in [-0.2, -0.15) is 0 Å². The van der Waals surface area contributed by atoms with Crippen LogP contribution in [0, 0.1) is 6.92 Å². The van der Waals surface area contributed by atoms with E-state index in [2.05, 4.69) is 5.32 Å². The van der Waals surface area contributed by atoms with Gasteiger partial charge in [-0.15, -0.1) is 0 Å². The summed E-state index contributed by atoms with van der Waals surface area (Å²) in [6.07, 6.45) is 0.815. The minimum Gasteiger partial charge on any atom is -0.423 e. The lowest BCUT2D eigenvalue weighted by Crippen LogP contribution is -2.31. The lowest BCUT2D eigenvalue weighted by atomic mass is 10.1. The topological polar surface area (TPSA) is 62.5 Å². The van der Waals surface area contributed by atoms with Crippen molar-refractivity contribution in [3.8, 4) is 0 Å². The summed E-state index contributed by atoms with van der Waals surface area (Å²) in [5.41, 5.74) is 1.85. The molecule has 2 N–H and O–H groups in total. The fourth-order valence-corrected chi connectivity index (χ4v) is 2.25. The summed E-state index contributed by atoms with van der Waals surface area (Å²) in [6, 6.07) is 5.06. The van der Waals surface area contributed by atoms with Crippen LogP contribution in [0.1, 0.15) is 24.5 Å². The van der Waals surface area contributed by atoms with Gasteiger partial charge in [0.1, 0.15) is 5.58 Å². The van der Waals surface area contributed by atoms with Gasteiger partial charge in [-0.3, -0.25) is 0 Å². The average Bonchev–Trinajstić information content (AvgIpc) is 2.42. The monoisotopic (exact) mass is 295 g/mol. The molecule has 0 aliphatic heterocycles. The zero-order valence-electron chi connectivity index (χ0n) is 11.6. The van der Waals surface area contributed by atoms with Gasteiger partial charge in [0, 0.05) is 29.1 Å².